The number of hydrogen-bond donors (Lipinski definition) is 0. The molecular weight excluding hydrogens is 719 g/mol. The Morgan fingerprint density at radius 1 is 0.321 bits per heavy atom. The number of hydrogen-bond acceptors (Lipinski definition) is 5. The van der Waals surface area contributed by atoms with Crippen molar-refractivity contribution in [2.75, 3.05) is 0 Å². The third kappa shape index (κ3) is 5.68. The molecule has 0 saturated heterocycles. The highest BCUT2D eigenvalue weighted by molar-refractivity contribution is 7.26. The number of thiophene rings is 2. The minimum absolute atomic E-state index is 0.688. The predicted molar refractivity (Wildman–Crippen MR) is 238 cm³/mol. The van der Waals surface area contributed by atoms with Gasteiger partial charge in [0.15, 0.2) is 5.82 Å². The summed E-state index contributed by atoms with van der Waals surface area (Å²) in [5.41, 5.74) is 11.8. The van der Waals surface area contributed by atoms with Crippen molar-refractivity contribution in [3.63, 3.8) is 0 Å². The Kier molecular flexibility index (Phi) is 7.87. The van der Waals surface area contributed by atoms with Crippen molar-refractivity contribution in [2.24, 2.45) is 0 Å². The highest BCUT2D eigenvalue weighted by Gasteiger charge is 2.18. The summed E-state index contributed by atoms with van der Waals surface area (Å²) in [5.74, 6) is 0.688. The zero-order valence-corrected chi connectivity index (χ0v) is 31.7. The smallest absolute Gasteiger partial charge is 0.160 e. The number of pyridine rings is 1. The number of benzene rings is 7. The van der Waals surface area contributed by atoms with Crippen LogP contribution >= 0.6 is 22.7 Å². The van der Waals surface area contributed by atoms with Crippen LogP contribution in [-0.2, 0) is 0 Å². The van der Waals surface area contributed by atoms with E-state index in [-0.39, 0.29) is 0 Å². The van der Waals surface area contributed by atoms with Crippen LogP contribution in [0, 0.1) is 0 Å². The summed E-state index contributed by atoms with van der Waals surface area (Å²) in [4.78, 5) is 14.7. The maximum Gasteiger partial charge on any atom is 0.160 e. The molecule has 11 rings (SSSR count). The topological polar surface area (TPSA) is 38.7 Å². The van der Waals surface area contributed by atoms with E-state index < -0.39 is 0 Å². The Hall–Kier alpha value is -6.79. The minimum atomic E-state index is 0.688. The summed E-state index contributed by atoms with van der Waals surface area (Å²) >= 11 is 3.73. The molecule has 0 aliphatic carbocycles. The first-order valence-corrected chi connectivity index (χ1v) is 20.3. The van der Waals surface area contributed by atoms with Gasteiger partial charge in [0.1, 0.15) is 0 Å². The van der Waals surface area contributed by atoms with E-state index in [1.54, 1.807) is 0 Å². The normalized spacial score (nSPS) is 11.6. The zero-order chi connectivity index (χ0) is 37.0. The summed E-state index contributed by atoms with van der Waals surface area (Å²) in [6.45, 7) is 0. The van der Waals surface area contributed by atoms with Gasteiger partial charge in [0.25, 0.3) is 0 Å². The van der Waals surface area contributed by atoms with Crippen LogP contribution in [0.4, 0.5) is 0 Å². The van der Waals surface area contributed by atoms with Gasteiger partial charge in [-0.05, 0) is 81.9 Å². The van der Waals surface area contributed by atoms with E-state index in [0.29, 0.717) is 5.82 Å². The van der Waals surface area contributed by atoms with E-state index in [0.717, 1.165) is 50.3 Å². The van der Waals surface area contributed by atoms with E-state index in [1.807, 2.05) is 53.3 Å². The van der Waals surface area contributed by atoms with Crippen molar-refractivity contribution >= 4 is 63.0 Å². The Bertz CT molecular complexity index is 3110. The predicted octanol–water partition coefficient (Wildman–Crippen LogP) is 14.6. The highest BCUT2D eigenvalue weighted by atomic mass is 32.1. The van der Waals surface area contributed by atoms with Gasteiger partial charge in [-0.2, -0.15) is 0 Å². The van der Waals surface area contributed by atoms with Crippen molar-refractivity contribution in [3.05, 3.63) is 188 Å². The first kappa shape index (κ1) is 32.6. The van der Waals surface area contributed by atoms with Crippen LogP contribution in [0.5, 0.6) is 0 Å². The molecule has 5 heteroatoms. The lowest BCUT2D eigenvalue weighted by atomic mass is 9.93. The average Bonchev–Trinajstić information content (AvgIpc) is 3.86. The zero-order valence-electron chi connectivity index (χ0n) is 30.1. The maximum atomic E-state index is 5.35. The number of rotatable bonds is 6. The van der Waals surface area contributed by atoms with Crippen LogP contribution < -0.4 is 0 Å². The lowest BCUT2D eigenvalue weighted by molar-refractivity contribution is 1.18. The van der Waals surface area contributed by atoms with Crippen molar-refractivity contribution in [1.29, 1.82) is 0 Å². The molecule has 0 saturated carbocycles. The molecule has 0 spiro atoms. The molecule has 56 heavy (non-hydrogen) atoms. The second-order valence-electron chi connectivity index (χ2n) is 14.0. The van der Waals surface area contributed by atoms with Crippen molar-refractivity contribution in [1.82, 2.24) is 15.0 Å². The molecule has 3 nitrogen and oxygen atoms in total. The fraction of sp³-hybridized carbons (Fsp3) is 0. The molecule has 7 aromatic carbocycles. The monoisotopic (exact) mass is 749 g/mol. The molecular formula is C51H31N3S2. The standard InChI is InChI=1S/C51H31N3S2/c1-2-10-34(11-3-1)45-31-46(54-51(53-45)35-22-20-32(21-23-35)33-24-26-52-27-25-33)38-29-36(39-14-8-16-43-41-12-4-6-18-47(41)55-49(39)43)28-37(30-38)40-15-9-17-44-42-13-5-7-19-48(42)56-50(40)44/h1-31H. The number of nitrogens with zero attached hydrogens (tertiary/aromatic N) is 3. The van der Waals surface area contributed by atoms with Crippen molar-refractivity contribution in [2.45, 2.75) is 0 Å². The summed E-state index contributed by atoms with van der Waals surface area (Å²) in [5, 5.41) is 5.16. The van der Waals surface area contributed by atoms with Crippen molar-refractivity contribution < 1.29 is 0 Å². The molecule has 4 aromatic heterocycles. The molecule has 0 amide bonds. The van der Waals surface area contributed by atoms with Crippen molar-refractivity contribution in [3.8, 4) is 67.3 Å². The van der Waals surface area contributed by atoms with Crippen LogP contribution in [-0.4, -0.2) is 15.0 Å². The quantitative estimate of drug-likeness (QED) is 0.170. The fourth-order valence-electron chi connectivity index (χ4n) is 7.87. The molecule has 0 bridgehead atoms. The molecule has 4 heterocycles. The number of aromatic nitrogens is 3. The third-order valence-corrected chi connectivity index (χ3v) is 13.1. The van der Waals surface area contributed by atoms with Crippen LogP contribution in [0.2, 0.25) is 0 Å². The molecule has 262 valence electrons. The highest BCUT2D eigenvalue weighted by Crippen LogP contribution is 2.45. The van der Waals surface area contributed by atoms with Gasteiger partial charge >= 0.3 is 0 Å². The summed E-state index contributed by atoms with van der Waals surface area (Å²) in [7, 11) is 0. The van der Waals surface area contributed by atoms with Gasteiger partial charge < -0.3 is 0 Å². The first-order valence-electron chi connectivity index (χ1n) is 18.7. The Morgan fingerprint density at radius 3 is 1.41 bits per heavy atom. The van der Waals surface area contributed by atoms with Crippen LogP contribution in [0.3, 0.4) is 0 Å². The van der Waals surface area contributed by atoms with Crippen LogP contribution in [0.15, 0.2) is 188 Å². The van der Waals surface area contributed by atoms with Gasteiger partial charge in [-0.15, -0.1) is 22.7 Å². The van der Waals surface area contributed by atoms with Crippen LogP contribution in [0.1, 0.15) is 0 Å². The minimum Gasteiger partial charge on any atom is -0.265 e. The Morgan fingerprint density at radius 2 is 0.804 bits per heavy atom. The molecule has 0 N–H and O–H groups in total. The van der Waals surface area contributed by atoms with Gasteiger partial charge in [0.2, 0.25) is 0 Å². The van der Waals surface area contributed by atoms with E-state index in [1.165, 1.54) is 51.5 Å². The average molecular weight is 750 g/mol. The SMILES string of the molecule is c1ccc(-c2cc(-c3cc(-c4cccc5c4sc4ccccc45)cc(-c4cccc5c4sc4ccccc45)c3)nc(-c3ccc(-c4ccncc4)cc3)n2)cc1. The Labute approximate surface area is 331 Å². The summed E-state index contributed by atoms with van der Waals surface area (Å²) in [6, 6.07) is 63.0. The lowest BCUT2D eigenvalue weighted by Crippen LogP contribution is -1.97. The molecule has 0 radical (unpaired) electrons. The van der Waals surface area contributed by atoms with Gasteiger partial charge in [0, 0.05) is 69.4 Å². The summed E-state index contributed by atoms with van der Waals surface area (Å²) < 4.78 is 5.17. The third-order valence-electron chi connectivity index (χ3n) is 10.6. The maximum absolute atomic E-state index is 5.35. The van der Waals surface area contributed by atoms with E-state index in [4.69, 9.17) is 9.97 Å². The van der Waals surface area contributed by atoms with Crippen LogP contribution in [0.25, 0.3) is 108 Å². The molecule has 0 fully saturated rings. The van der Waals surface area contributed by atoms with E-state index in [2.05, 4.69) is 163 Å². The fourth-order valence-corrected chi connectivity index (χ4v) is 10.3. The molecule has 0 aliphatic rings. The Balaban J connectivity index is 1.15. The van der Waals surface area contributed by atoms with E-state index >= 15 is 0 Å². The second-order valence-corrected chi connectivity index (χ2v) is 16.1. The first-order chi connectivity index (χ1) is 27.7. The number of fused-ring (bicyclic) bond motifs is 6. The molecule has 0 unspecified atom stereocenters. The van der Waals surface area contributed by atoms with Gasteiger partial charge in [-0.1, -0.05) is 127 Å². The van der Waals surface area contributed by atoms with E-state index in [9.17, 15) is 0 Å². The van der Waals surface area contributed by atoms with Gasteiger partial charge in [-0.3, -0.25) is 4.98 Å². The lowest BCUT2D eigenvalue weighted by Gasteiger charge is -2.14. The molecule has 11 aromatic rings. The van der Waals surface area contributed by atoms with Gasteiger partial charge in [0.05, 0.1) is 11.4 Å². The molecule has 0 atom stereocenters. The molecule has 0 aliphatic heterocycles. The largest absolute Gasteiger partial charge is 0.265 e. The second kappa shape index (κ2) is 13.5. The summed E-state index contributed by atoms with van der Waals surface area (Å²) in [6.07, 6.45) is 3.65. The van der Waals surface area contributed by atoms with Gasteiger partial charge in [-0.25, -0.2) is 9.97 Å².